The van der Waals surface area contributed by atoms with E-state index >= 15 is 0 Å². The highest BCUT2D eigenvalue weighted by molar-refractivity contribution is 6.62. The van der Waals surface area contributed by atoms with Gasteiger partial charge in [-0.3, -0.25) is 0 Å². The maximum Gasteiger partial charge on any atom is 0.495 e. The van der Waals surface area contributed by atoms with Crippen LogP contribution in [0.25, 0.3) is 0 Å². The second-order valence-corrected chi connectivity index (χ2v) is 7.53. The van der Waals surface area contributed by atoms with E-state index in [9.17, 15) is 4.39 Å². The monoisotopic (exact) mass is 362 g/mol. The van der Waals surface area contributed by atoms with E-state index in [2.05, 4.69) is 0 Å². The van der Waals surface area contributed by atoms with Gasteiger partial charge in [0.2, 0.25) is 0 Å². The van der Waals surface area contributed by atoms with Crippen LogP contribution < -0.4 is 10.2 Å². The lowest BCUT2D eigenvalue weighted by Crippen LogP contribution is -2.41. The first-order valence-corrected chi connectivity index (χ1v) is 8.59. The molecule has 0 atom stereocenters. The topological polar surface area (TPSA) is 27.7 Å². The molecule has 1 fully saturated rings. The number of halogens is 2. The number of rotatable bonds is 4. The average molecular weight is 363 g/mol. The normalized spacial score (nSPS) is 18.4. The Bertz CT molecular complexity index is 763. The summed E-state index contributed by atoms with van der Waals surface area (Å²) in [7, 11) is -0.492. The second kappa shape index (κ2) is 6.63. The van der Waals surface area contributed by atoms with Gasteiger partial charge in [0.05, 0.1) is 16.2 Å². The first-order valence-electron chi connectivity index (χ1n) is 8.21. The molecule has 0 spiro atoms. The van der Waals surface area contributed by atoms with Gasteiger partial charge in [-0.25, -0.2) is 4.39 Å². The van der Waals surface area contributed by atoms with Crippen LogP contribution in [0.4, 0.5) is 4.39 Å². The summed E-state index contributed by atoms with van der Waals surface area (Å²) in [5.41, 5.74) is 0.902. The van der Waals surface area contributed by atoms with Crippen molar-refractivity contribution in [3.05, 3.63) is 58.9 Å². The van der Waals surface area contributed by atoms with Crippen molar-refractivity contribution in [2.75, 3.05) is 0 Å². The lowest BCUT2D eigenvalue weighted by molar-refractivity contribution is 0.00578. The number of ether oxygens (including phenoxy) is 1. The molecule has 1 saturated heterocycles. The average Bonchev–Trinajstić information content (AvgIpc) is 2.77. The minimum absolute atomic E-state index is 0.0387. The van der Waals surface area contributed by atoms with Crippen LogP contribution >= 0.6 is 11.6 Å². The highest BCUT2D eigenvalue weighted by Gasteiger charge is 2.52. The summed E-state index contributed by atoms with van der Waals surface area (Å²) < 4.78 is 31.9. The van der Waals surface area contributed by atoms with Crippen LogP contribution in [0.2, 0.25) is 5.02 Å². The van der Waals surface area contributed by atoms with E-state index in [1.54, 1.807) is 12.1 Å². The Balaban J connectivity index is 1.82. The van der Waals surface area contributed by atoms with Crippen molar-refractivity contribution in [1.82, 2.24) is 0 Å². The standard InChI is InChI=1S/C19H21BClFO3/c1-18(2)19(3,4)25-20(24-18)14-9-6-5-8-13(14)12-23-16-11-7-10-15(21)17(16)22/h5-11H,12H2,1-4H3. The van der Waals surface area contributed by atoms with E-state index in [-0.39, 0.29) is 17.4 Å². The maximum atomic E-state index is 14.0. The van der Waals surface area contributed by atoms with E-state index in [4.69, 9.17) is 25.6 Å². The summed E-state index contributed by atoms with van der Waals surface area (Å²) in [6.45, 7) is 8.22. The molecule has 0 saturated carbocycles. The van der Waals surface area contributed by atoms with Crippen molar-refractivity contribution < 1.29 is 18.4 Å². The lowest BCUT2D eigenvalue weighted by Gasteiger charge is -2.32. The van der Waals surface area contributed by atoms with Gasteiger partial charge in [-0.2, -0.15) is 0 Å². The van der Waals surface area contributed by atoms with E-state index in [1.165, 1.54) is 6.07 Å². The van der Waals surface area contributed by atoms with Gasteiger partial charge in [0.15, 0.2) is 11.6 Å². The molecular formula is C19H21BClFO3. The second-order valence-electron chi connectivity index (χ2n) is 7.13. The number of hydrogen-bond acceptors (Lipinski definition) is 3. The summed E-state index contributed by atoms with van der Waals surface area (Å²) >= 11 is 5.80. The zero-order valence-electron chi connectivity index (χ0n) is 14.8. The van der Waals surface area contributed by atoms with Crippen molar-refractivity contribution in [2.45, 2.75) is 45.5 Å². The smallest absolute Gasteiger partial charge is 0.486 e. The zero-order chi connectivity index (χ0) is 18.2. The highest BCUT2D eigenvalue weighted by Crippen LogP contribution is 2.36. The van der Waals surface area contributed by atoms with Crippen LogP contribution in [-0.4, -0.2) is 18.3 Å². The quantitative estimate of drug-likeness (QED) is 0.757. The lowest BCUT2D eigenvalue weighted by atomic mass is 9.76. The molecule has 3 rings (SSSR count). The molecule has 0 aromatic heterocycles. The molecule has 25 heavy (non-hydrogen) atoms. The molecule has 1 heterocycles. The minimum Gasteiger partial charge on any atom is -0.486 e. The molecule has 0 amide bonds. The summed E-state index contributed by atoms with van der Waals surface area (Å²) in [5, 5.41) is 0.0387. The molecule has 0 bridgehead atoms. The van der Waals surface area contributed by atoms with Gasteiger partial charge < -0.3 is 14.0 Å². The van der Waals surface area contributed by atoms with Crippen molar-refractivity contribution in [2.24, 2.45) is 0 Å². The predicted molar refractivity (Wildman–Crippen MR) is 97.9 cm³/mol. The molecule has 0 N–H and O–H groups in total. The predicted octanol–water partition coefficient (Wildman–Crippen LogP) is 4.36. The fraction of sp³-hybridized carbons (Fsp3) is 0.368. The van der Waals surface area contributed by atoms with Gasteiger partial charge in [-0.1, -0.05) is 41.9 Å². The largest absolute Gasteiger partial charge is 0.495 e. The molecule has 2 aromatic carbocycles. The summed E-state index contributed by atoms with van der Waals surface area (Å²) in [6, 6.07) is 12.4. The molecule has 132 valence electrons. The molecule has 3 nitrogen and oxygen atoms in total. The van der Waals surface area contributed by atoms with Gasteiger partial charge in [0, 0.05) is 0 Å². The molecule has 1 aliphatic heterocycles. The third-order valence-corrected chi connectivity index (χ3v) is 5.15. The van der Waals surface area contributed by atoms with Gasteiger partial charge >= 0.3 is 7.12 Å². The first kappa shape index (κ1) is 18.2. The highest BCUT2D eigenvalue weighted by atomic mass is 35.5. The number of benzene rings is 2. The van der Waals surface area contributed by atoms with Crippen LogP contribution in [0.15, 0.2) is 42.5 Å². The van der Waals surface area contributed by atoms with Crippen LogP contribution in [-0.2, 0) is 15.9 Å². The molecule has 6 heteroatoms. The molecule has 0 aliphatic carbocycles. The van der Waals surface area contributed by atoms with E-state index in [1.807, 2.05) is 52.0 Å². The molecular weight excluding hydrogens is 341 g/mol. The third kappa shape index (κ3) is 3.54. The molecule has 1 aliphatic rings. The Kier molecular flexibility index (Phi) is 4.84. The molecule has 2 aromatic rings. The van der Waals surface area contributed by atoms with Crippen molar-refractivity contribution in [3.8, 4) is 5.75 Å². The molecule has 0 radical (unpaired) electrons. The SMILES string of the molecule is CC1(C)OB(c2ccccc2COc2cccc(Cl)c2F)OC1(C)C. The fourth-order valence-corrected chi connectivity index (χ4v) is 2.78. The van der Waals surface area contributed by atoms with Crippen molar-refractivity contribution in [3.63, 3.8) is 0 Å². The van der Waals surface area contributed by atoms with Crippen molar-refractivity contribution in [1.29, 1.82) is 0 Å². The van der Waals surface area contributed by atoms with Gasteiger partial charge in [-0.05, 0) is 50.9 Å². The van der Waals surface area contributed by atoms with Crippen LogP contribution in [0, 0.1) is 5.82 Å². The summed E-state index contributed by atoms with van der Waals surface area (Å²) in [4.78, 5) is 0. The van der Waals surface area contributed by atoms with Gasteiger partial charge in [0.25, 0.3) is 0 Å². The fourth-order valence-electron chi connectivity index (χ4n) is 2.62. The maximum absolute atomic E-state index is 14.0. The Hall–Kier alpha value is -1.56. The Morgan fingerprint density at radius 3 is 2.32 bits per heavy atom. The van der Waals surface area contributed by atoms with E-state index in [0.717, 1.165) is 11.0 Å². The van der Waals surface area contributed by atoms with E-state index in [0.29, 0.717) is 0 Å². The van der Waals surface area contributed by atoms with Crippen molar-refractivity contribution >= 4 is 24.2 Å². The van der Waals surface area contributed by atoms with Crippen LogP contribution in [0.1, 0.15) is 33.3 Å². The summed E-state index contributed by atoms with van der Waals surface area (Å²) in [5.74, 6) is -0.437. The number of hydrogen-bond donors (Lipinski definition) is 0. The van der Waals surface area contributed by atoms with Gasteiger partial charge in [0.1, 0.15) is 6.61 Å². The minimum atomic E-state index is -0.558. The Morgan fingerprint density at radius 1 is 1.00 bits per heavy atom. The Morgan fingerprint density at radius 2 is 1.64 bits per heavy atom. The first-order chi connectivity index (χ1) is 11.7. The molecule has 0 unspecified atom stereocenters. The van der Waals surface area contributed by atoms with Crippen LogP contribution in [0.3, 0.4) is 0 Å². The van der Waals surface area contributed by atoms with Crippen LogP contribution in [0.5, 0.6) is 5.75 Å². The van der Waals surface area contributed by atoms with E-state index < -0.39 is 24.1 Å². The zero-order valence-corrected chi connectivity index (χ0v) is 15.6. The third-order valence-electron chi connectivity index (χ3n) is 4.86. The summed E-state index contributed by atoms with van der Waals surface area (Å²) in [6.07, 6.45) is 0. The Labute approximate surface area is 153 Å². The van der Waals surface area contributed by atoms with Gasteiger partial charge in [-0.15, -0.1) is 0 Å².